The van der Waals surface area contributed by atoms with E-state index in [1.807, 2.05) is 54.6 Å². The van der Waals surface area contributed by atoms with E-state index in [0.29, 0.717) is 24.7 Å². The van der Waals surface area contributed by atoms with E-state index in [1.165, 1.54) is 5.06 Å². The first-order chi connectivity index (χ1) is 16.0. The molecular formula is C26H26N4O3. The quantitative estimate of drug-likeness (QED) is 0.583. The minimum atomic E-state index is -0.944. The fourth-order valence-corrected chi connectivity index (χ4v) is 5.14. The second-order valence-corrected chi connectivity index (χ2v) is 8.82. The first kappa shape index (κ1) is 19.9. The van der Waals surface area contributed by atoms with E-state index < -0.39 is 5.72 Å². The fraction of sp³-hybridized carbons (Fsp3) is 0.269. The Morgan fingerprint density at radius 3 is 2.64 bits per heavy atom. The molecule has 0 saturated carbocycles. The normalized spacial score (nSPS) is 25.6. The number of benzene rings is 3. The van der Waals surface area contributed by atoms with Crippen LogP contribution in [0.1, 0.15) is 29.9 Å². The van der Waals surface area contributed by atoms with Crippen LogP contribution in [0.4, 0.5) is 5.69 Å². The molecule has 0 saturated heterocycles. The number of hydroxylamine groups is 2. The van der Waals surface area contributed by atoms with Gasteiger partial charge in [0.25, 0.3) is 0 Å². The standard InChI is InChI=1S/C26H26N4O3/c1-30-25(28)29-26(33-30)15-24(20-11-12-31-22-8-3-2-7-19(20)22)32-23-10-9-17(14-21(23)26)16-5-4-6-18(27)13-16/h2-10,13-14,20,24H,11-12,15,27H2,1H3,(H2,28,29)/t20?,24-,26-/m1/s1. The van der Waals surface area contributed by atoms with Crippen molar-refractivity contribution < 1.29 is 14.3 Å². The summed E-state index contributed by atoms with van der Waals surface area (Å²) in [4.78, 5) is 11.1. The predicted molar refractivity (Wildman–Crippen MR) is 127 cm³/mol. The number of hydrogen-bond acceptors (Lipinski definition) is 7. The first-order valence-electron chi connectivity index (χ1n) is 11.2. The van der Waals surface area contributed by atoms with Gasteiger partial charge in [0.1, 0.15) is 17.6 Å². The van der Waals surface area contributed by atoms with Crippen LogP contribution in [0.25, 0.3) is 11.1 Å². The van der Waals surface area contributed by atoms with Gasteiger partial charge in [-0.1, -0.05) is 36.4 Å². The lowest BCUT2D eigenvalue weighted by Crippen LogP contribution is -2.42. The summed E-state index contributed by atoms with van der Waals surface area (Å²) in [6.45, 7) is 0.655. The highest BCUT2D eigenvalue weighted by atomic mass is 16.7. The van der Waals surface area contributed by atoms with Crippen LogP contribution in [0, 0.1) is 0 Å². The molecule has 6 rings (SSSR count). The van der Waals surface area contributed by atoms with Gasteiger partial charge in [-0.3, -0.25) is 0 Å². The summed E-state index contributed by atoms with van der Waals surface area (Å²) in [5, 5.41) is 1.54. The predicted octanol–water partition coefficient (Wildman–Crippen LogP) is 4.00. The summed E-state index contributed by atoms with van der Waals surface area (Å²) in [6.07, 6.45) is 1.28. The summed E-state index contributed by atoms with van der Waals surface area (Å²) in [7, 11) is 1.78. The summed E-state index contributed by atoms with van der Waals surface area (Å²) >= 11 is 0. The number of nitrogens with two attached hydrogens (primary N) is 2. The summed E-state index contributed by atoms with van der Waals surface area (Å²) in [5.74, 6) is 2.19. The number of anilines is 1. The second-order valence-electron chi connectivity index (χ2n) is 8.82. The van der Waals surface area contributed by atoms with Gasteiger partial charge in [-0.15, -0.1) is 0 Å². The maximum Gasteiger partial charge on any atom is 0.221 e. The molecule has 0 aliphatic carbocycles. The van der Waals surface area contributed by atoms with Crippen LogP contribution < -0.4 is 20.9 Å². The van der Waals surface area contributed by atoms with Crippen LogP contribution in [-0.2, 0) is 10.6 Å². The van der Waals surface area contributed by atoms with E-state index in [-0.39, 0.29) is 12.0 Å². The van der Waals surface area contributed by atoms with Gasteiger partial charge in [-0.25, -0.2) is 14.9 Å². The number of nitrogen functional groups attached to an aromatic ring is 1. The molecule has 3 aliphatic heterocycles. The number of aliphatic imine (C=N–C) groups is 1. The van der Waals surface area contributed by atoms with E-state index >= 15 is 0 Å². The molecule has 3 aromatic carbocycles. The van der Waals surface area contributed by atoms with Gasteiger partial charge in [-0.05, 0) is 47.9 Å². The van der Waals surface area contributed by atoms with Gasteiger partial charge >= 0.3 is 0 Å². The molecule has 7 nitrogen and oxygen atoms in total. The minimum absolute atomic E-state index is 0.135. The molecule has 33 heavy (non-hydrogen) atoms. The number of nitrogens with zero attached hydrogens (tertiary/aromatic N) is 2. The lowest BCUT2D eigenvalue weighted by molar-refractivity contribution is -0.192. The Labute approximate surface area is 192 Å². The zero-order chi connectivity index (χ0) is 22.6. The lowest BCUT2D eigenvalue weighted by atomic mass is 9.81. The van der Waals surface area contributed by atoms with E-state index in [9.17, 15) is 0 Å². The molecule has 4 N–H and O–H groups in total. The van der Waals surface area contributed by atoms with Gasteiger partial charge in [0.15, 0.2) is 0 Å². The molecule has 3 heterocycles. The number of rotatable bonds is 2. The Balaban J connectivity index is 1.45. The Bertz CT molecular complexity index is 1260. The average molecular weight is 443 g/mol. The summed E-state index contributed by atoms with van der Waals surface area (Å²) < 4.78 is 12.5. The van der Waals surface area contributed by atoms with Crippen LogP contribution >= 0.6 is 0 Å². The van der Waals surface area contributed by atoms with E-state index in [2.05, 4.69) is 12.1 Å². The van der Waals surface area contributed by atoms with Crippen molar-refractivity contribution in [2.24, 2.45) is 10.7 Å². The van der Waals surface area contributed by atoms with Gasteiger partial charge in [0.2, 0.25) is 11.7 Å². The summed E-state index contributed by atoms with van der Waals surface area (Å²) in [5.41, 5.74) is 16.0. The number of fused-ring (bicyclic) bond motifs is 3. The van der Waals surface area contributed by atoms with Crippen molar-refractivity contribution >= 4 is 11.6 Å². The lowest BCUT2D eigenvalue weighted by Gasteiger charge is -2.41. The van der Waals surface area contributed by atoms with Crippen molar-refractivity contribution in [1.29, 1.82) is 0 Å². The SMILES string of the molecule is CN1O[C@@]2(C[C@H](C3CCOc4ccccc43)Oc3ccc(-c4cccc(N)c4)cc32)N=C1N. The van der Waals surface area contributed by atoms with E-state index in [0.717, 1.165) is 40.2 Å². The van der Waals surface area contributed by atoms with Crippen molar-refractivity contribution in [2.75, 3.05) is 19.4 Å². The summed E-state index contributed by atoms with van der Waals surface area (Å²) in [6, 6.07) is 22.1. The van der Waals surface area contributed by atoms with E-state index in [4.69, 9.17) is 30.8 Å². The van der Waals surface area contributed by atoms with Gasteiger partial charge < -0.3 is 20.9 Å². The molecule has 3 aromatic rings. The largest absolute Gasteiger partial charge is 0.493 e. The average Bonchev–Trinajstić information content (AvgIpc) is 3.11. The van der Waals surface area contributed by atoms with Crippen molar-refractivity contribution in [3.05, 3.63) is 77.9 Å². The van der Waals surface area contributed by atoms with Crippen LogP contribution in [-0.4, -0.2) is 30.8 Å². The third kappa shape index (κ3) is 3.27. The Kier molecular flexibility index (Phi) is 4.48. The highest BCUT2D eigenvalue weighted by Crippen LogP contribution is 2.51. The number of para-hydroxylation sites is 1. The van der Waals surface area contributed by atoms with Crippen LogP contribution in [0.5, 0.6) is 11.5 Å². The topological polar surface area (TPSA) is 95.3 Å². The van der Waals surface area contributed by atoms with Crippen molar-refractivity contribution in [2.45, 2.75) is 30.6 Å². The molecule has 168 valence electrons. The molecular weight excluding hydrogens is 416 g/mol. The van der Waals surface area contributed by atoms with Gasteiger partial charge in [0, 0.05) is 30.6 Å². The van der Waals surface area contributed by atoms with Gasteiger partial charge in [0.05, 0.1) is 12.2 Å². The molecule has 1 unspecified atom stereocenters. The second kappa shape index (κ2) is 7.42. The maximum absolute atomic E-state index is 6.61. The zero-order valence-electron chi connectivity index (χ0n) is 18.4. The molecule has 0 aromatic heterocycles. The van der Waals surface area contributed by atoms with E-state index in [1.54, 1.807) is 7.05 Å². The molecule has 0 bridgehead atoms. The highest BCUT2D eigenvalue weighted by molar-refractivity contribution is 5.79. The first-order valence-corrected chi connectivity index (χ1v) is 11.2. The van der Waals surface area contributed by atoms with Crippen LogP contribution in [0.3, 0.4) is 0 Å². The molecule has 0 fully saturated rings. The Hall–Kier alpha value is -3.71. The van der Waals surface area contributed by atoms with Crippen LogP contribution in [0.2, 0.25) is 0 Å². The number of guanidine groups is 1. The highest BCUT2D eigenvalue weighted by Gasteiger charge is 2.51. The monoisotopic (exact) mass is 442 g/mol. The zero-order valence-corrected chi connectivity index (χ0v) is 18.4. The minimum Gasteiger partial charge on any atom is -0.493 e. The van der Waals surface area contributed by atoms with Crippen molar-refractivity contribution in [3.8, 4) is 22.6 Å². The Morgan fingerprint density at radius 2 is 1.82 bits per heavy atom. The molecule has 7 heteroatoms. The van der Waals surface area contributed by atoms with Crippen molar-refractivity contribution in [1.82, 2.24) is 5.06 Å². The molecule has 3 aliphatic rings. The smallest absolute Gasteiger partial charge is 0.221 e. The third-order valence-corrected chi connectivity index (χ3v) is 6.74. The number of hydrogen-bond donors (Lipinski definition) is 2. The van der Waals surface area contributed by atoms with Gasteiger partial charge in [-0.2, -0.15) is 0 Å². The third-order valence-electron chi connectivity index (χ3n) is 6.74. The number of ether oxygens (including phenoxy) is 2. The molecule has 3 atom stereocenters. The Morgan fingerprint density at radius 1 is 0.970 bits per heavy atom. The molecule has 1 spiro atoms. The van der Waals surface area contributed by atoms with Crippen molar-refractivity contribution in [3.63, 3.8) is 0 Å². The fourth-order valence-electron chi connectivity index (χ4n) is 5.14. The maximum atomic E-state index is 6.61. The molecule has 0 radical (unpaired) electrons. The molecule has 0 amide bonds. The van der Waals surface area contributed by atoms with Crippen LogP contribution in [0.15, 0.2) is 71.7 Å².